The molecule has 2 heteroatoms. The van der Waals surface area contributed by atoms with Crippen LogP contribution in [0.1, 0.15) is 65.6 Å². The molecule has 0 aromatic carbocycles. The summed E-state index contributed by atoms with van der Waals surface area (Å²) in [5.41, 5.74) is 0.738. The fourth-order valence-corrected chi connectivity index (χ4v) is 1.90. The van der Waals surface area contributed by atoms with Gasteiger partial charge in [0.2, 0.25) is 0 Å². The first-order valence-corrected chi connectivity index (χ1v) is 5.94. The molecule has 0 saturated carbocycles. The van der Waals surface area contributed by atoms with E-state index in [0.717, 1.165) is 17.7 Å². The Bertz CT molecular complexity index is 373. The molecule has 0 saturated heterocycles. The molecule has 1 N–H and O–H groups in total. The van der Waals surface area contributed by atoms with Crippen LogP contribution < -0.4 is 0 Å². The fraction of sp³-hybridized carbons (Fsp3) is 0.714. The molecule has 16 heavy (non-hydrogen) atoms. The van der Waals surface area contributed by atoms with Gasteiger partial charge in [0.15, 0.2) is 11.5 Å². The van der Waals surface area contributed by atoms with E-state index in [1.807, 2.05) is 6.92 Å². The standard InChI is InChI=1S/C14H24O2/c1-8-9-10(15)12(14(5,6)7)16-11(9)13(2,3)4/h15H,8H2,1-7H3. The Hall–Kier alpha value is -0.920. The van der Waals surface area contributed by atoms with Gasteiger partial charge < -0.3 is 9.52 Å². The second-order valence-electron chi connectivity index (χ2n) is 6.44. The normalized spacial score (nSPS) is 13.2. The summed E-state index contributed by atoms with van der Waals surface area (Å²) in [5.74, 6) is 1.96. The van der Waals surface area contributed by atoms with Crippen molar-refractivity contribution >= 4 is 0 Å². The lowest BCUT2D eigenvalue weighted by Gasteiger charge is -2.18. The number of hydrogen-bond acceptors (Lipinski definition) is 2. The minimum absolute atomic E-state index is 0.0632. The van der Waals surface area contributed by atoms with Crippen molar-refractivity contribution in [2.24, 2.45) is 0 Å². The zero-order valence-corrected chi connectivity index (χ0v) is 11.6. The van der Waals surface area contributed by atoms with Crippen LogP contribution in [0.5, 0.6) is 5.75 Å². The molecule has 1 heterocycles. The van der Waals surface area contributed by atoms with Crippen molar-refractivity contribution in [2.45, 2.75) is 65.7 Å². The number of rotatable bonds is 1. The molecule has 0 aliphatic heterocycles. The third-order valence-corrected chi connectivity index (χ3v) is 2.70. The van der Waals surface area contributed by atoms with Crippen LogP contribution in [0, 0.1) is 0 Å². The van der Waals surface area contributed by atoms with Gasteiger partial charge in [-0.3, -0.25) is 0 Å². The first kappa shape index (κ1) is 13.1. The SMILES string of the molecule is CCc1c(C(C)(C)C)oc(C(C)(C)C)c1O. The van der Waals surface area contributed by atoms with Crippen LogP contribution in [0.4, 0.5) is 0 Å². The Balaban J connectivity index is 3.44. The van der Waals surface area contributed by atoms with Gasteiger partial charge in [0.05, 0.1) is 0 Å². The van der Waals surface area contributed by atoms with Crippen molar-refractivity contribution in [1.82, 2.24) is 0 Å². The zero-order chi connectivity index (χ0) is 12.7. The molecular weight excluding hydrogens is 200 g/mol. The zero-order valence-electron chi connectivity index (χ0n) is 11.6. The maximum Gasteiger partial charge on any atom is 0.161 e. The molecule has 2 nitrogen and oxygen atoms in total. The second kappa shape index (κ2) is 3.83. The summed E-state index contributed by atoms with van der Waals surface area (Å²) >= 11 is 0. The predicted molar refractivity (Wildman–Crippen MR) is 67.2 cm³/mol. The Morgan fingerprint density at radius 3 is 1.62 bits per heavy atom. The van der Waals surface area contributed by atoms with Gasteiger partial charge in [-0.15, -0.1) is 0 Å². The molecule has 1 rings (SSSR count). The van der Waals surface area contributed by atoms with Gasteiger partial charge in [-0.05, 0) is 6.42 Å². The molecule has 0 spiro atoms. The Labute approximate surface area is 98.7 Å². The lowest BCUT2D eigenvalue weighted by atomic mass is 9.88. The van der Waals surface area contributed by atoms with E-state index in [1.165, 1.54) is 0 Å². The summed E-state index contributed by atoms with van der Waals surface area (Å²) < 4.78 is 5.92. The number of furan rings is 1. The molecule has 0 aliphatic rings. The smallest absolute Gasteiger partial charge is 0.161 e. The van der Waals surface area contributed by atoms with E-state index >= 15 is 0 Å². The van der Waals surface area contributed by atoms with Crippen LogP contribution in [-0.2, 0) is 17.3 Å². The monoisotopic (exact) mass is 224 g/mol. The largest absolute Gasteiger partial charge is 0.504 e. The van der Waals surface area contributed by atoms with Crippen molar-refractivity contribution in [3.8, 4) is 5.75 Å². The molecule has 0 bridgehead atoms. The summed E-state index contributed by atoms with van der Waals surface area (Å²) in [6.45, 7) is 14.5. The van der Waals surface area contributed by atoms with E-state index in [4.69, 9.17) is 4.42 Å². The van der Waals surface area contributed by atoms with Crippen molar-refractivity contribution in [3.05, 3.63) is 17.1 Å². The lowest BCUT2D eigenvalue weighted by molar-refractivity contribution is 0.328. The summed E-state index contributed by atoms with van der Waals surface area (Å²) in [7, 11) is 0. The summed E-state index contributed by atoms with van der Waals surface area (Å²) in [6, 6.07) is 0. The van der Waals surface area contributed by atoms with Crippen LogP contribution >= 0.6 is 0 Å². The first-order valence-electron chi connectivity index (χ1n) is 5.94. The quantitative estimate of drug-likeness (QED) is 0.777. The van der Waals surface area contributed by atoms with Gasteiger partial charge in [-0.25, -0.2) is 0 Å². The maximum absolute atomic E-state index is 10.2. The molecule has 0 amide bonds. The molecule has 0 radical (unpaired) electrons. The minimum atomic E-state index is -0.155. The Morgan fingerprint density at radius 2 is 1.38 bits per heavy atom. The van der Waals surface area contributed by atoms with Crippen LogP contribution in [0.15, 0.2) is 4.42 Å². The van der Waals surface area contributed by atoms with Gasteiger partial charge in [-0.2, -0.15) is 0 Å². The van der Waals surface area contributed by atoms with Crippen LogP contribution in [-0.4, -0.2) is 5.11 Å². The van der Waals surface area contributed by atoms with Gasteiger partial charge in [0, 0.05) is 16.4 Å². The highest BCUT2D eigenvalue weighted by atomic mass is 16.4. The van der Waals surface area contributed by atoms with E-state index in [1.54, 1.807) is 0 Å². The Morgan fingerprint density at radius 1 is 0.938 bits per heavy atom. The van der Waals surface area contributed by atoms with E-state index in [9.17, 15) is 5.11 Å². The van der Waals surface area contributed by atoms with Crippen LogP contribution in [0.2, 0.25) is 0 Å². The average molecular weight is 224 g/mol. The average Bonchev–Trinajstić information content (AvgIpc) is 2.40. The van der Waals surface area contributed by atoms with E-state index < -0.39 is 0 Å². The summed E-state index contributed by atoms with van der Waals surface area (Å²) in [6.07, 6.45) is 0.804. The molecule has 0 unspecified atom stereocenters. The molecule has 0 atom stereocenters. The minimum Gasteiger partial charge on any atom is -0.504 e. The third kappa shape index (κ3) is 2.26. The maximum atomic E-state index is 10.2. The Kier molecular flexibility index (Phi) is 3.15. The third-order valence-electron chi connectivity index (χ3n) is 2.70. The van der Waals surface area contributed by atoms with Crippen molar-refractivity contribution in [2.75, 3.05) is 0 Å². The van der Waals surface area contributed by atoms with Crippen LogP contribution in [0.3, 0.4) is 0 Å². The van der Waals surface area contributed by atoms with Gasteiger partial charge in [-0.1, -0.05) is 48.5 Å². The molecular formula is C14H24O2. The molecule has 0 fully saturated rings. The first-order chi connectivity index (χ1) is 7.09. The highest BCUT2D eigenvalue weighted by Crippen LogP contribution is 2.42. The lowest BCUT2D eigenvalue weighted by Crippen LogP contribution is -2.12. The van der Waals surface area contributed by atoms with E-state index in [0.29, 0.717) is 11.5 Å². The topological polar surface area (TPSA) is 33.4 Å². The van der Waals surface area contributed by atoms with E-state index in [2.05, 4.69) is 41.5 Å². The fourth-order valence-electron chi connectivity index (χ4n) is 1.90. The predicted octanol–water partition coefficient (Wildman–Crippen LogP) is 4.14. The molecule has 92 valence electrons. The molecule has 1 aromatic rings. The summed E-state index contributed by atoms with van der Waals surface area (Å²) in [5, 5.41) is 10.2. The highest BCUT2D eigenvalue weighted by molar-refractivity contribution is 5.44. The number of hydrogen-bond donors (Lipinski definition) is 1. The van der Waals surface area contributed by atoms with Gasteiger partial charge in [0.25, 0.3) is 0 Å². The molecule has 0 aliphatic carbocycles. The second-order valence-corrected chi connectivity index (χ2v) is 6.44. The van der Waals surface area contributed by atoms with E-state index in [-0.39, 0.29) is 10.8 Å². The van der Waals surface area contributed by atoms with Crippen LogP contribution in [0.25, 0.3) is 0 Å². The van der Waals surface area contributed by atoms with Crippen molar-refractivity contribution < 1.29 is 9.52 Å². The van der Waals surface area contributed by atoms with Crippen molar-refractivity contribution in [3.63, 3.8) is 0 Å². The van der Waals surface area contributed by atoms with Gasteiger partial charge >= 0.3 is 0 Å². The van der Waals surface area contributed by atoms with Crippen molar-refractivity contribution in [1.29, 1.82) is 0 Å². The number of aromatic hydroxyl groups is 1. The van der Waals surface area contributed by atoms with Gasteiger partial charge in [0.1, 0.15) is 5.76 Å². The summed E-state index contributed by atoms with van der Waals surface area (Å²) in [4.78, 5) is 0. The molecule has 1 aromatic heterocycles. The highest BCUT2D eigenvalue weighted by Gasteiger charge is 2.32.